The van der Waals surface area contributed by atoms with Crippen LogP contribution in [-0.4, -0.2) is 33.6 Å². The van der Waals surface area contributed by atoms with E-state index in [1.807, 2.05) is 24.4 Å². The van der Waals surface area contributed by atoms with Crippen LogP contribution in [0, 0.1) is 17.0 Å². The molecule has 3 heterocycles. The number of rotatable bonds is 4. The molecule has 2 aromatic carbocycles. The highest BCUT2D eigenvalue weighted by Gasteiger charge is 2.58. The van der Waals surface area contributed by atoms with E-state index in [0.717, 1.165) is 15.3 Å². The van der Waals surface area contributed by atoms with Crippen LogP contribution < -0.4 is 4.90 Å². The van der Waals surface area contributed by atoms with Crippen LogP contribution in [0.25, 0.3) is 0 Å². The summed E-state index contributed by atoms with van der Waals surface area (Å²) in [5.41, 5.74) is 0.587. The fourth-order valence-electron chi connectivity index (χ4n) is 4.18. The van der Waals surface area contributed by atoms with Crippen molar-refractivity contribution in [3.05, 3.63) is 90.6 Å². The summed E-state index contributed by atoms with van der Waals surface area (Å²) < 4.78 is 0. The lowest BCUT2D eigenvalue weighted by Gasteiger charge is -2.49. The molecule has 1 saturated heterocycles. The monoisotopic (exact) mass is 467 g/mol. The zero-order chi connectivity index (χ0) is 22.7. The number of nitro benzene ring substituents is 1. The van der Waals surface area contributed by atoms with Crippen LogP contribution >= 0.6 is 22.9 Å². The Morgan fingerprint density at radius 3 is 2.44 bits per heavy atom. The molecule has 0 radical (unpaired) electrons. The van der Waals surface area contributed by atoms with E-state index in [0.29, 0.717) is 10.7 Å². The number of amides is 3. The standard InChI is InChI=1S/C22H14ClN3O5S/c1-11-7-8-12(10-14(11)23)24-18(16-6-3-9-32-16)19(22(24)29)25-20(27)13-4-2-5-15(26(30)31)17(13)21(25)28/h2-10,18-19H,1H3. The number of nitro groups is 1. The molecule has 0 bridgehead atoms. The van der Waals surface area contributed by atoms with Crippen molar-refractivity contribution in [1.82, 2.24) is 4.90 Å². The molecule has 10 heteroatoms. The van der Waals surface area contributed by atoms with Gasteiger partial charge in [0.25, 0.3) is 23.4 Å². The summed E-state index contributed by atoms with van der Waals surface area (Å²) in [6, 6.07) is 11.0. The summed E-state index contributed by atoms with van der Waals surface area (Å²) in [5, 5.41) is 13.7. The van der Waals surface area contributed by atoms with E-state index in [-0.39, 0.29) is 11.1 Å². The van der Waals surface area contributed by atoms with E-state index in [1.165, 1.54) is 34.4 Å². The number of imide groups is 1. The Labute approximate surface area is 190 Å². The van der Waals surface area contributed by atoms with Crippen LogP contribution in [-0.2, 0) is 4.79 Å². The Bertz CT molecular complexity index is 1320. The lowest BCUT2D eigenvalue weighted by Crippen LogP contribution is -2.67. The third-order valence-corrected chi connectivity index (χ3v) is 7.09. The number of carbonyl (C=O) groups excluding carboxylic acids is 3. The van der Waals surface area contributed by atoms with E-state index in [2.05, 4.69) is 0 Å². The number of hydrogen-bond donors (Lipinski definition) is 0. The number of benzene rings is 2. The average molecular weight is 468 g/mol. The molecule has 0 aliphatic carbocycles. The molecule has 1 fully saturated rings. The van der Waals surface area contributed by atoms with E-state index >= 15 is 0 Å². The third kappa shape index (κ3) is 2.78. The maximum absolute atomic E-state index is 13.3. The number of nitrogens with zero attached hydrogens (tertiary/aromatic N) is 3. The van der Waals surface area contributed by atoms with E-state index in [4.69, 9.17) is 11.6 Å². The fourth-order valence-corrected chi connectivity index (χ4v) is 5.20. The van der Waals surface area contributed by atoms with Crippen LogP contribution in [0.2, 0.25) is 5.02 Å². The highest BCUT2D eigenvalue weighted by molar-refractivity contribution is 7.10. The van der Waals surface area contributed by atoms with Gasteiger partial charge in [0, 0.05) is 21.7 Å². The van der Waals surface area contributed by atoms with Crippen molar-refractivity contribution in [2.75, 3.05) is 4.90 Å². The van der Waals surface area contributed by atoms with Crippen molar-refractivity contribution in [3.63, 3.8) is 0 Å². The number of anilines is 1. The highest BCUT2D eigenvalue weighted by atomic mass is 35.5. The first-order valence-electron chi connectivity index (χ1n) is 9.59. The van der Waals surface area contributed by atoms with Crippen molar-refractivity contribution in [1.29, 1.82) is 0 Å². The normalized spacial score (nSPS) is 19.9. The molecule has 0 saturated carbocycles. The Balaban J connectivity index is 1.59. The van der Waals surface area contributed by atoms with Gasteiger partial charge in [0.1, 0.15) is 17.6 Å². The van der Waals surface area contributed by atoms with Crippen LogP contribution in [0.1, 0.15) is 37.2 Å². The number of fused-ring (bicyclic) bond motifs is 1. The number of halogens is 1. The Morgan fingerprint density at radius 2 is 1.78 bits per heavy atom. The molecule has 1 aromatic heterocycles. The van der Waals surface area contributed by atoms with Crippen LogP contribution in [0.5, 0.6) is 0 Å². The Hall–Kier alpha value is -3.56. The van der Waals surface area contributed by atoms with Crippen molar-refractivity contribution in [2.24, 2.45) is 0 Å². The SMILES string of the molecule is Cc1ccc(N2C(=O)C(N3C(=O)c4cccc([N+](=O)[O-])c4C3=O)C2c2cccs2)cc1Cl. The molecule has 2 unspecified atom stereocenters. The van der Waals surface area contributed by atoms with Gasteiger partial charge >= 0.3 is 0 Å². The van der Waals surface area contributed by atoms with Crippen molar-refractivity contribution in [3.8, 4) is 0 Å². The number of hydrogen-bond acceptors (Lipinski definition) is 6. The molecule has 2 aliphatic heterocycles. The zero-order valence-corrected chi connectivity index (χ0v) is 18.1. The number of β-lactam (4-membered cyclic amide) rings is 1. The van der Waals surface area contributed by atoms with Gasteiger partial charge in [-0.25, -0.2) is 0 Å². The molecule has 5 rings (SSSR count). The first kappa shape index (κ1) is 20.3. The molecule has 32 heavy (non-hydrogen) atoms. The minimum absolute atomic E-state index is 0.0706. The lowest BCUT2D eigenvalue weighted by atomic mass is 9.90. The molecule has 8 nitrogen and oxygen atoms in total. The van der Waals surface area contributed by atoms with Gasteiger partial charge in [0.15, 0.2) is 0 Å². The van der Waals surface area contributed by atoms with Crippen LogP contribution in [0.3, 0.4) is 0 Å². The van der Waals surface area contributed by atoms with Gasteiger partial charge in [0.05, 0.1) is 10.5 Å². The number of carbonyl (C=O) groups is 3. The fraction of sp³-hybridized carbons (Fsp3) is 0.136. The minimum atomic E-state index is -1.11. The average Bonchev–Trinajstić information content (AvgIpc) is 3.37. The van der Waals surface area contributed by atoms with Crippen molar-refractivity contribution >= 4 is 52.0 Å². The minimum Gasteiger partial charge on any atom is -0.300 e. The highest BCUT2D eigenvalue weighted by Crippen LogP contribution is 2.46. The van der Waals surface area contributed by atoms with Gasteiger partial charge < -0.3 is 0 Å². The van der Waals surface area contributed by atoms with E-state index < -0.39 is 40.4 Å². The van der Waals surface area contributed by atoms with E-state index in [9.17, 15) is 24.5 Å². The third-order valence-electron chi connectivity index (χ3n) is 5.74. The van der Waals surface area contributed by atoms with Gasteiger partial charge in [-0.05, 0) is 42.1 Å². The predicted octanol–water partition coefficient (Wildman–Crippen LogP) is 4.37. The Morgan fingerprint density at radius 1 is 1.00 bits per heavy atom. The van der Waals surface area contributed by atoms with Gasteiger partial charge in [-0.3, -0.25) is 34.3 Å². The van der Waals surface area contributed by atoms with Crippen LogP contribution in [0.4, 0.5) is 11.4 Å². The second-order valence-corrected chi connectivity index (χ2v) is 8.87. The molecular formula is C22H14ClN3O5S. The van der Waals surface area contributed by atoms with Gasteiger partial charge in [-0.1, -0.05) is 29.8 Å². The molecule has 0 spiro atoms. The summed E-state index contributed by atoms with van der Waals surface area (Å²) in [7, 11) is 0. The molecule has 160 valence electrons. The first-order chi connectivity index (χ1) is 15.3. The second-order valence-electron chi connectivity index (χ2n) is 7.48. The zero-order valence-electron chi connectivity index (χ0n) is 16.5. The summed E-state index contributed by atoms with van der Waals surface area (Å²) in [6.45, 7) is 1.84. The molecule has 0 N–H and O–H groups in total. The largest absolute Gasteiger partial charge is 0.300 e. The maximum Gasteiger partial charge on any atom is 0.282 e. The molecule has 3 aromatic rings. The molecule has 2 atom stereocenters. The maximum atomic E-state index is 13.3. The number of thiophene rings is 1. The van der Waals surface area contributed by atoms with E-state index in [1.54, 1.807) is 18.2 Å². The first-order valence-corrected chi connectivity index (χ1v) is 10.8. The lowest BCUT2D eigenvalue weighted by molar-refractivity contribution is -0.385. The quantitative estimate of drug-likeness (QED) is 0.245. The number of aryl methyl sites for hydroxylation is 1. The van der Waals surface area contributed by atoms with Gasteiger partial charge in [-0.2, -0.15) is 0 Å². The van der Waals surface area contributed by atoms with Crippen molar-refractivity contribution in [2.45, 2.75) is 19.0 Å². The van der Waals surface area contributed by atoms with Crippen LogP contribution in [0.15, 0.2) is 53.9 Å². The summed E-state index contributed by atoms with van der Waals surface area (Å²) >= 11 is 7.65. The Kier molecular flexibility index (Phi) is 4.61. The topological polar surface area (TPSA) is 101 Å². The summed E-state index contributed by atoms with van der Waals surface area (Å²) in [5.74, 6) is -2.01. The summed E-state index contributed by atoms with van der Waals surface area (Å²) in [4.78, 5) is 53.5. The smallest absolute Gasteiger partial charge is 0.282 e. The van der Waals surface area contributed by atoms with Crippen molar-refractivity contribution < 1.29 is 19.3 Å². The summed E-state index contributed by atoms with van der Waals surface area (Å²) in [6.07, 6.45) is 0. The molecule has 3 amide bonds. The second kappa shape index (κ2) is 7.25. The van der Waals surface area contributed by atoms with Gasteiger partial charge in [-0.15, -0.1) is 11.3 Å². The molecule has 2 aliphatic rings. The predicted molar refractivity (Wildman–Crippen MR) is 118 cm³/mol. The molecular weight excluding hydrogens is 454 g/mol. The van der Waals surface area contributed by atoms with Gasteiger partial charge in [0.2, 0.25) is 0 Å².